The maximum absolute atomic E-state index is 13.1. The number of urea groups is 1. The molecular weight excluding hydrogens is 583 g/mol. The monoisotopic (exact) mass is 616 g/mol. The Labute approximate surface area is 242 Å². The summed E-state index contributed by atoms with van der Waals surface area (Å²) in [6.45, 7) is 3.65. The van der Waals surface area contributed by atoms with Gasteiger partial charge in [-0.05, 0) is 86.0 Å². The molecule has 10 heteroatoms. The number of hydrogen-bond acceptors (Lipinski definition) is 5. The van der Waals surface area contributed by atoms with E-state index in [0.29, 0.717) is 56.3 Å². The molecule has 0 aliphatic heterocycles. The fourth-order valence-electron chi connectivity index (χ4n) is 3.80. The average molecular weight is 618 g/mol. The van der Waals surface area contributed by atoms with Gasteiger partial charge < -0.3 is 29.5 Å². The number of carboxylic acids is 1. The Morgan fingerprint density at radius 2 is 1.52 bits per heavy atom. The third kappa shape index (κ3) is 10.9. The van der Waals surface area contributed by atoms with Crippen molar-refractivity contribution in [3.8, 4) is 11.5 Å². The van der Waals surface area contributed by atoms with Crippen molar-refractivity contribution in [2.45, 2.75) is 32.3 Å². The van der Waals surface area contributed by atoms with Crippen LogP contribution < -0.4 is 14.8 Å². The van der Waals surface area contributed by atoms with Crippen molar-refractivity contribution in [3.63, 3.8) is 0 Å². The molecule has 0 spiro atoms. The fourth-order valence-corrected chi connectivity index (χ4v) is 4.07. The molecule has 2 N–H and O–H groups in total. The number of carboxylic acid groups (broad SMARTS) is 1. The molecule has 0 fully saturated rings. The molecule has 8 nitrogen and oxygen atoms in total. The molecule has 2 amide bonds. The van der Waals surface area contributed by atoms with Gasteiger partial charge >= 0.3 is 12.0 Å². The van der Waals surface area contributed by atoms with Crippen molar-refractivity contribution in [1.29, 1.82) is 0 Å². The van der Waals surface area contributed by atoms with Crippen LogP contribution in [-0.4, -0.2) is 61.0 Å². The molecule has 1 unspecified atom stereocenters. The van der Waals surface area contributed by atoms with E-state index in [1.165, 1.54) is 12.1 Å². The third-order valence-corrected chi connectivity index (χ3v) is 6.43. The summed E-state index contributed by atoms with van der Waals surface area (Å²) < 4.78 is 30.8. The molecule has 40 heavy (non-hydrogen) atoms. The Morgan fingerprint density at radius 1 is 0.900 bits per heavy atom. The standard InChI is InChI=1S/C30H34BrFN2O6/c1-2-38-28(29(35)36)21-22-5-13-26(14-6-22)40-20-18-34(30(37)33-25-11-7-23(31)8-12-25)17-3-4-19-39-27-15-9-24(32)10-16-27/h5-16,28H,2-4,17-21H2,1H3,(H,33,37)(H,35,36). The maximum atomic E-state index is 13.1. The molecule has 3 aromatic carbocycles. The second kappa shape index (κ2) is 16.5. The number of nitrogens with one attached hydrogen (secondary N) is 1. The summed E-state index contributed by atoms with van der Waals surface area (Å²) in [5.41, 5.74) is 1.51. The molecule has 0 heterocycles. The third-order valence-electron chi connectivity index (χ3n) is 5.91. The minimum Gasteiger partial charge on any atom is -0.494 e. The van der Waals surface area contributed by atoms with Crippen molar-refractivity contribution in [2.24, 2.45) is 0 Å². The minimum atomic E-state index is -0.995. The van der Waals surface area contributed by atoms with E-state index in [2.05, 4.69) is 21.2 Å². The van der Waals surface area contributed by atoms with Crippen LogP contribution in [0.3, 0.4) is 0 Å². The zero-order chi connectivity index (χ0) is 28.7. The number of anilines is 1. The number of unbranched alkanes of at least 4 members (excludes halogenated alkanes) is 1. The summed E-state index contributed by atoms with van der Waals surface area (Å²) in [4.78, 5) is 26.1. The van der Waals surface area contributed by atoms with Gasteiger partial charge in [0.1, 0.15) is 23.9 Å². The number of amides is 2. The van der Waals surface area contributed by atoms with Crippen LogP contribution in [-0.2, 0) is 16.0 Å². The molecule has 0 bridgehead atoms. The van der Waals surface area contributed by atoms with Crippen LogP contribution in [0.2, 0.25) is 0 Å². The van der Waals surface area contributed by atoms with Crippen LogP contribution in [0.1, 0.15) is 25.3 Å². The minimum absolute atomic E-state index is 0.239. The van der Waals surface area contributed by atoms with E-state index in [4.69, 9.17) is 14.2 Å². The number of rotatable bonds is 16. The van der Waals surface area contributed by atoms with Gasteiger partial charge in [0, 0.05) is 29.7 Å². The number of ether oxygens (including phenoxy) is 3. The van der Waals surface area contributed by atoms with E-state index in [0.717, 1.165) is 10.0 Å². The first-order valence-electron chi connectivity index (χ1n) is 13.1. The van der Waals surface area contributed by atoms with Gasteiger partial charge in [-0.1, -0.05) is 28.1 Å². The first-order chi connectivity index (χ1) is 19.3. The van der Waals surface area contributed by atoms with Gasteiger partial charge in [-0.2, -0.15) is 0 Å². The van der Waals surface area contributed by atoms with E-state index in [9.17, 15) is 19.1 Å². The lowest BCUT2D eigenvalue weighted by Crippen LogP contribution is -2.38. The lowest BCUT2D eigenvalue weighted by molar-refractivity contribution is -0.149. The Bertz CT molecular complexity index is 1190. The quantitative estimate of drug-likeness (QED) is 0.181. The molecule has 0 aliphatic rings. The van der Waals surface area contributed by atoms with Crippen molar-refractivity contribution in [2.75, 3.05) is 38.2 Å². The second-order valence-corrected chi connectivity index (χ2v) is 9.83. The highest BCUT2D eigenvalue weighted by molar-refractivity contribution is 9.10. The van der Waals surface area contributed by atoms with Crippen LogP contribution in [0.25, 0.3) is 0 Å². The highest BCUT2D eigenvalue weighted by atomic mass is 79.9. The highest BCUT2D eigenvalue weighted by Crippen LogP contribution is 2.17. The summed E-state index contributed by atoms with van der Waals surface area (Å²) >= 11 is 3.39. The van der Waals surface area contributed by atoms with Gasteiger partial charge in [-0.25, -0.2) is 14.0 Å². The van der Waals surface area contributed by atoms with Crippen LogP contribution in [0.15, 0.2) is 77.3 Å². The van der Waals surface area contributed by atoms with Crippen molar-refractivity contribution >= 4 is 33.6 Å². The van der Waals surface area contributed by atoms with Gasteiger partial charge in [0.25, 0.3) is 0 Å². The van der Waals surface area contributed by atoms with Crippen LogP contribution in [0, 0.1) is 5.82 Å². The predicted octanol–water partition coefficient (Wildman–Crippen LogP) is 6.39. The number of hydrogen-bond donors (Lipinski definition) is 2. The average Bonchev–Trinajstić information content (AvgIpc) is 2.94. The summed E-state index contributed by atoms with van der Waals surface area (Å²) in [7, 11) is 0. The molecule has 0 radical (unpaired) electrons. The molecule has 214 valence electrons. The number of halogens is 2. The molecule has 1 atom stereocenters. The van der Waals surface area contributed by atoms with Gasteiger partial charge in [0.15, 0.2) is 6.10 Å². The topological polar surface area (TPSA) is 97.3 Å². The molecule has 0 aromatic heterocycles. The smallest absolute Gasteiger partial charge is 0.333 e. The molecule has 3 rings (SSSR count). The summed E-state index contributed by atoms with van der Waals surface area (Å²) in [5.74, 6) is -0.0907. The summed E-state index contributed by atoms with van der Waals surface area (Å²) in [6.07, 6.45) is 0.781. The second-order valence-electron chi connectivity index (χ2n) is 8.91. The van der Waals surface area contributed by atoms with Gasteiger partial charge in [0.05, 0.1) is 13.2 Å². The van der Waals surface area contributed by atoms with E-state index in [-0.39, 0.29) is 24.9 Å². The van der Waals surface area contributed by atoms with Crippen molar-refractivity contribution in [1.82, 2.24) is 4.90 Å². The zero-order valence-corrected chi connectivity index (χ0v) is 23.9. The Kier molecular flexibility index (Phi) is 12.7. The van der Waals surface area contributed by atoms with E-state index < -0.39 is 12.1 Å². The van der Waals surface area contributed by atoms with E-state index >= 15 is 0 Å². The van der Waals surface area contributed by atoms with Crippen molar-refractivity contribution in [3.05, 3.63) is 88.6 Å². The van der Waals surface area contributed by atoms with Gasteiger partial charge in [0.2, 0.25) is 0 Å². The van der Waals surface area contributed by atoms with Crippen molar-refractivity contribution < 1.29 is 33.3 Å². The Hall–Kier alpha value is -3.63. The lowest BCUT2D eigenvalue weighted by Gasteiger charge is -2.23. The van der Waals surface area contributed by atoms with Crippen LogP contribution in [0.4, 0.5) is 14.9 Å². The molecule has 0 saturated carbocycles. The Balaban J connectivity index is 1.51. The number of nitrogens with zero attached hydrogens (tertiary/aromatic N) is 1. The summed E-state index contributed by atoms with van der Waals surface area (Å²) in [5, 5.41) is 12.2. The first-order valence-corrected chi connectivity index (χ1v) is 13.9. The van der Waals surface area contributed by atoms with Gasteiger partial charge in [-0.15, -0.1) is 0 Å². The fraction of sp³-hybridized carbons (Fsp3) is 0.333. The maximum Gasteiger partial charge on any atom is 0.333 e. The summed E-state index contributed by atoms with van der Waals surface area (Å²) in [6, 6.07) is 20.1. The molecule has 0 saturated heterocycles. The molecular formula is C30H34BrFN2O6. The zero-order valence-electron chi connectivity index (χ0n) is 22.4. The van der Waals surface area contributed by atoms with E-state index in [1.54, 1.807) is 36.1 Å². The predicted molar refractivity (Wildman–Crippen MR) is 155 cm³/mol. The SMILES string of the molecule is CCOC(Cc1ccc(OCCN(CCCCOc2ccc(F)cc2)C(=O)Nc2ccc(Br)cc2)cc1)C(=O)O. The number of benzene rings is 3. The number of aliphatic carboxylic acids is 1. The number of carbonyl (C=O) groups excluding carboxylic acids is 1. The van der Waals surface area contributed by atoms with Gasteiger partial charge in [-0.3, -0.25) is 0 Å². The number of carbonyl (C=O) groups is 2. The molecule has 0 aliphatic carbocycles. The van der Waals surface area contributed by atoms with Crippen LogP contribution >= 0.6 is 15.9 Å². The highest BCUT2D eigenvalue weighted by Gasteiger charge is 2.18. The van der Waals surface area contributed by atoms with E-state index in [1.807, 2.05) is 36.4 Å². The normalized spacial score (nSPS) is 11.5. The Morgan fingerprint density at radius 3 is 2.15 bits per heavy atom. The largest absolute Gasteiger partial charge is 0.494 e. The lowest BCUT2D eigenvalue weighted by atomic mass is 10.1. The molecule has 3 aromatic rings. The van der Waals surface area contributed by atoms with Crippen LogP contribution in [0.5, 0.6) is 11.5 Å². The first kappa shape index (κ1) is 30.9.